The summed E-state index contributed by atoms with van der Waals surface area (Å²) in [6.45, 7) is 0.526. The molecule has 1 heterocycles. The van der Waals surface area contributed by atoms with Gasteiger partial charge in [0.1, 0.15) is 5.82 Å². The Labute approximate surface area is 113 Å². The fraction of sp³-hybridized carbons (Fsp3) is 0.312. The third-order valence-corrected chi connectivity index (χ3v) is 3.68. The van der Waals surface area contributed by atoms with E-state index in [0.717, 1.165) is 18.4 Å². The molecule has 3 rings (SSSR count). The topological polar surface area (TPSA) is 48.1 Å². The van der Waals surface area contributed by atoms with E-state index in [1.54, 1.807) is 6.20 Å². The molecule has 2 aromatic rings. The summed E-state index contributed by atoms with van der Waals surface area (Å²) >= 11 is 0. The Balaban J connectivity index is 1.73. The number of aromatic nitrogens is 1. The van der Waals surface area contributed by atoms with Gasteiger partial charge in [0.2, 0.25) is 0 Å². The number of aryl methyl sites for hydroxylation is 1. The van der Waals surface area contributed by atoms with Crippen LogP contribution in [0, 0.1) is 0 Å². The summed E-state index contributed by atoms with van der Waals surface area (Å²) in [5.74, 6) is 0.562. The maximum atomic E-state index is 6.06. The van der Waals surface area contributed by atoms with Gasteiger partial charge < -0.3 is 10.5 Å². The SMILES string of the molecule is Nc1ncccc1COC1CCCc2ccccc21. The van der Waals surface area contributed by atoms with Crippen molar-refractivity contribution in [3.63, 3.8) is 0 Å². The Kier molecular flexibility index (Phi) is 3.47. The molecule has 3 nitrogen and oxygen atoms in total. The number of nitrogens with zero attached hydrogens (tertiary/aromatic N) is 1. The van der Waals surface area contributed by atoms with Crippen LogP contribution >= 0.6 is 0 Å². The molecule has 1 aliphatic rings. The lowest BCUT2D eigenvalue weighted by Crippen LogP contribution is -2.13. The number of nitrogen functional groups attached to an aromatic ring is 1. The monoisotopic (exact) mass is 254 g/mol. The quantitative estimate of drug-likeness (QED) is 0.914. The molecule has 0 bridgehead atoms. The average molecular weight is 254 g/mol. The van der Waals surface area contributed by atoms with Gasteiger partial charge in [-0.05, 0) is 36.5 Å². The van der Waals surface area contributed by atoms with Gasteiger partial charge in [0.15, 0.2) is 0 Å². The first-order valence-corrected chi connectivity index (χ1v) is 6.73. The van der Waals surface area contributed by atoms with Crippen molar-refractivity contribution in [1.29, 1.82) is 0 Å². The summed E-state index contributed by atoms with van der Waals surface area (Å²) < 4.78 is 6.06. The predicted molar refractivity (Wildman–Crippen MR) is 75.6 cm³/mol. The van der Waals surface area contributed by atoms with Crippen LogP contribution in [0.4, 0.5) is 5.82 Å². The number of anilines is 1. The summed E-state index contributed by atoms with van der Waals surface area (Å²) in [5, 5.41) is 0. The molecule has 0 fully saturated rings. The fourth-order valence-electron chi connectivity index (χ4n) is 2.65. The molecule has 3 heteroatoms. The second-order valence-electron chi connectivity index (χ2n) is 4.94. The largest absolute Gasteiger partial charge is 0.383 e. The molecule has 0 radical (unpaired) electrons. The summed E-state index contributed by atoms with van der Waals surface area (Å²) in [6.07, 6.45) is 5.31. The van der Waals surface area contributed by atoms with Gasteiger partial charge in [0, 0.05) is 11.8 Å². The molecule has 2 N–H and O–H groups in total. The molecule has 0 spiro atoms. The highest BCUT2D eigenvalue weighted by atomic mass is 16.5. The van der Waals surface area contributed by atoms with Crippen molar-refractivity contribution < 1.29 is 4.74 Å². The van der Waals surface area contributed by atoms with E-state index in [4.69, 9.17) is 10.5 Å². The number of ether oxygens (including phenoxy) is 1. The van der Waals surface area contributed by atoms with Crippen LogP contribution in [0.25, 0.3) is 0 Å². The summed E-state index contributed by atoms with van der Waals surface area (Å²) in [6, 6.07) is 12.4. The third-order valence-electron chi connectivity index (χ3n) is 3.68. The highest BCUT2D eigenvalue weighted by Crippen LogP contribution is 2.33. The third kappa shape index (κ3) is 2.61. The highest BCUT2D eigenvalue weighted by molar-refractivity contribution is 5.38. The minimum Gasteiger partial charge on any atom is -0.383 e. The lowest BCUT2D eigenvalue weighted by atomic mass is 9.89. The van der Waals surface area contributed by atoms with Crippen molar-refractivity contribution in [2.24, 2.45) is 0 Å². The van der Waals surface area contributed by atoms with Crippen LogP contribution in [0.2, 0.25) is 0 Å². The maximum Gasteiger partial charge on any atom is 0.128 e. The standard InChI is InChI=1S/C16H18N2O/c17-16-13(7-4-10-18-16)11-19-15-9-3-6-12-5-1-2-8-14(12)15/h1-2,4-5,7-8,10,15H,3,6,9,11H2,(H2,17,18). The Hall–Kier alpha value is -1.87. The van der Waals surface area contributed by atoms with Crippen molar-refractivity contribution >= 4 is 5.82 Å². The van der Waals surface area contributed by atoms with Gasteiger partial charge in [-0.3, -0.25) is 0 Å². The van der Waals surface area contributed by atoms with Crippen molar-refractivity contribution in [1.82, 2.24) is 4.98 Å². The molecule has 1 aromatic heterocycles. The number of fused-ring (bicyclic) bond motifs is 1. The molecule has 98 valence electrons. The van der Waals surface area contributed by atoms with Crippen LogP contribution in [0.15, 0.2) is 42.6 Å². The van der Waals surface area contributed by atoms with E-state index >= 15 is 0 Å². The molecule has 19 heavy (non-hydrogen) atoms. The maximum absolute atomic E-state index is 6.06. The van der Waals surface area contributed by atoms with Gasteiger partial charge in [0.05, 0.1) is 12.7 Å². The van der Waals surface area contributed by atoms with E-state index in [-0.39, 0.29) is 6.10 Å². The minimum absolute atomic E-state index is 0.185. The van der Waals surface area contributed by atoms with Crippen LogP contribution in [-0.4, -0.2) is 4.98 Å². The molecule has 1 atom stereocenters. The van der Waals surface area contributed by atoms with E-state index in [0.29, 0.717) is 12.4 Å². The number of hydrogen-bond donors (Lipinski definition) is 1. The van der Waals surface area contributed by atoms with Gasteiger partial charge in [-0.25, -0.2) is 4.98 Å². The molecular formula is C16H18N2O. The summed E-state index contributed by atoms with van der Waals surface area (Å²) in [7, 11) is 0. The van der Waals surface area contributed by atoms with E-state index in [1.165, 1.54) is 17.5 Å². The second-order valence-corrected chi connectivity index (χ2v) is 4.94. The molecular weight excluding hydrogens is 236 g/mol. The van der Waals surface area contributed by atoms with Crippen molar-refractivity contribution in [3.8, 4) is 0 Å². The second kappa shape index (κ2) is 5.41. The number of nitrogens with two attached hydrogens (primary N) is 1. The Bertz CT molecular complexity index is 568. The van der Waals surface area contributed by atoms with Crippen molar-refractivity contribution in [2.45, 2.75) is 32.0 Å². The first-order chi connectivity index (χ1) is 9.34. The van der Waals surface area contributed by atoms with Gasteiger partial charge in [-0.1, -0.05) is 30.3 Å². The number of rotatable bonds is 3. The Morgan fingerprint density at radius 1 is 1.21 bits per heavy atom. The molecule has 1 unspecified atom stereocenters. The first-order valence-electron chi connectivity index (χ1n) is 6.73. The first kappa shape index (κ1) is 12.2. The molecule has 1 aromatic carbocycles. The van der Waals surface area contributed by atoms with E-state index < -0.39 is 0 Å². The van der Waals surface area contributed by atoms with Crippen molar-refractivity contribution in [3.05, 3.63) is 59.3 Å². The zero-order valence-electron chi connectivity index (χ0n) is 10.9. The minimum atomic E-state index is 0.185. The van der Waals surface area contributed by atoms with E-state index in [9.17, 15) is 0 Å². The summed E-state index contributed by atoms with van der Waals surface area (Å²) in [5.41, 5.74) is 9.55. The van der Waals surface area contributed by atoms with Crippen molar-refractivity contribution in [2.75, 3.05) is 5.73 Å². The van der Waals surface area contributed by atoms with Crippen LogP contribution in [0.3, 0.4) is 0 Å². The lowest BCUT2D eigenvalue weighted by molar-refractivity contribution is 0.0285. The Morgan fingerprint density at radius 3 is 3.00 bits per heavy atom. The molecule has 0 saturated carbocycles. The number of benzene rings is 1. The smallest absolute Gasteiger partial charge is 0.128 e. The molecule has 0 aliphatic heterocycles. The van der Waals surface area contributed by atoms with Crippen LogP contribution < -0.4 is 5.73 Å². The van der Waals surface area contributed by atoms with Crippen LogP contribution in [0.1, 0.15) is 35.6 Å². The molecule has 0 amide bonds. The fourth-order valence-corrected chi connectivity index (χ4v) is 2.65. The van der Waals surface area contributed by atoms with Gasteiger partial charge in [-0.15, -0.1) is 0 Å². The van der Waals surface area contributed by atoms with E-state index in [1.807, 2.05) is 12.1 Å². The normalized spacial score (nSPS) is 18.0. The van der Waals surface area contributed by atoms with Gasteiger partial charge >= 0.3 is 0 Å². The number of hydrogen-bond acceptors (Lipinski definition) is 3. The zero-order valence-corrected chi connectivity index (χ0v) is 10.9. The predicted octanol–water partition coefficient (Wildman–Crippen LogP) is 3.26. The average Bonchev–Trinajstić information content (AvgIpc) is 2.46. The Morgan fingerprint density at radius 2 is 2.11 bits per heavy atom. The highest BCUT2D eigenvalue weighted by Gasteiger charge is 2.20. The number of pyridine rings is 1. The molecule has 0 saturated heterocycles. The van der Waals surface area contributed by atoms with Gasteiger partial charge in [0.25, 0.3) is 0 Å². The zero-order chi connectivity index (χ0) is 13.1. The molecule has 1 aliphatic carbocycles. The van der Waals surface area contributed by atoms with Crippen LogP contribution in [-0.2, 0) is 17.8 Å². The summed E-state index contributed by atoms with van der Waals surface area (Å²) in [4.78, 5) is 4.08. The van der Waals surface area contributed by atoms with Crippen LogP contribution in [0.5, 0.6) is 0 Å². The van der Waals surface area contributed by atoms with Gasteiger partial charge in [-0.2, -0.15) is 0 Å². The van der Waals surface area contributed by atoms with E-state index in [2.05, 4.69) is 29.2 Å². The lowest BCUT2D eigenvalue weighted by Gasteiger charge is -2.25.